The second kappa shape index (κ2) is 8.16. The SMILES string of the molecule is Cc1cc(=O)c(C(=O)N2CCCC(N3CCNCC3=O)C2)nn1-c1ccccc1. The summed E-state index contributed by atoms with van der Waals surface area (Å²) in [5, 5.41) is 7.46. The van der Waals surface area contributed by atoms with Gasteiger partial charge in [-0.1, -0.05) is 18.2 Å². The molecule has 1 atom stereocenters. The fourth-order valence-electron chi connectivity index (χ4n) is 4.08. The van der Waals surface area contributed by atoms with Gasteiger partial charge in [0.05, 0.1) is 12.2 Å². The van der Waals surface area contributed by atoms with Crippen molar-refractivity contribution in [1.29, 1.82) is 0 Å². The third kappa shape index (κ3) is 3.93. The van der Waals surface area contributed by atoms with Crippen LogP contribution in [0.4, 0.5) is 0 Å². The van der Waals surface area contributed by atoms with Gasteiger partial charge in [0.1, 0.15) is 0 Å². The zero-order chi connectivity index (χ0) is 20.4. The van der Waals surface area contributed by atoms with Gasteiger partial charge in [-0.2, -0.15) is 5.10 Å². The van der Waals surface area contributed by atoms with E-state index in [1.807, 2.05) is 35.2 Å². The van der Waals surface area contributed by atoms with Crippen molar-refractivity contribution in [1.82, 2.24) is 24.9 Å². The van der Waals surface area contributed by atoms with Gasteiger partial charge in [0.15, 0.2) is 5.69 Å². The lowest BCUT2D eigenvalue weighted by molar-refractivity contribution is -0.135. The van der Waals surface area contributed by atoms with Crippen molar-refractivity contribution in [2.24, 2.45) is 0 Å². The summed E-state index contributed by atoms with van der Waals surface area (Å²) in [6.45, 7) is 4.54. The van der Waals surface area contributed by atoms with E-state index in [0.29, 0.717) is 31.9 Å². The molecule has 0 bridgehead atoms. The van der Waals surface area contributed by atoms with Gasteiger partial charge in [0.25, 0.3) is 5.91 Å². The molecule has 1 aromatic heterocycles. The first-order valence-corrected chi connectivity index (χ1v) is 10.0. The maximum Gasteiger partial charge on any atom is 0.278 e. The van der Waals surface area contributed by atoms with E-state index in [4.69, 9.17) is 0 Å². The number of hydrogen-bond donors (Lipinski definition) is 1. The highest BCUT2D eigenvalue weighted by Crippen LogP contribution is 2.18. The molecular formula is C21H25N5O3. The number of nitrogens with one attached hydrogen (secondary N) is 1. The maximum atomic E-state index is 13.2. The van der Waals surface area contributed by atoms with Crippen molar-refractivity contribution in [2.75, 3.05) is 32.7 Å². The molecule has 8 nitrogen and oxygen atoms in total. The van der Waals surface area contributed by atoms with Crippen molar-refractivity contribution in [2.45, 2.75) is 25.8 Å². The molecule has 2 aliphatic heterocycles. The highest BCUT2D eigenvalue weighted by Gasteiger charge is 2.33. The van der Waals surface area contributed by atoms with Crippen molar-refractivity contribution < 1.29 is 9.59 Å². The number of para-hydroxylation sites is 1. The Morgan fingerprint density at radius 3 is 2.72 bits per heavy atom. The van der Waals surface area contributed by atoms with Gasteiger partial charge in [-0.15, -0.1) is 0 Å². The van der Waals surface area contributed by atoms with E-state index < -0.39 is 0 Å². The van der Waals surface area contributed by atoms with Gasteiger partial charge in [0.2, 0.25) is 11.3 Å². The Bertz CT molecular complexity index is 972. The molecular weight excluding hydrogens is 370 g/mol. The summed E-state index contributed by atoms with van der Waals surface area (Å²) in [6, 6.07) is 10.9. The third-order valence-electron chi connectivity index (χ3n) is 5.56. The largest absolute Gasteiger partial charge is 0.336 e. The lowest BCUT2D eigenvalue weighted by Crippen LogP contribution is -2.57. The number of aryl methyl sites for hydroxylation is 1. The first-order valence-electron chi connectivity index (χ1n) is 10.0. The predicted molar refractivity (Wildman–Crippen MR) is 108 cm³/mol. The van der Waals surface area contributed by atoms with Gasteiger partial charge in [-0.05, 0) is 31.9 Å². The molecule has 8 heteroatoms. The van der Waals surface area contributed by atoms with E-state index in [1.165, 1.54) is 6.07 Å². The number of carbonyl (C=O) groups is 2. The Morgan fingerprint density at radius 1 is 1.17 bits per heavy atom. The molecule has 29 heavy (non-hydrogen) atoms. The summed E-state index contributed by atoms with van der Waals surface area (Å²) < 4.78 is 1.62. The number of likely N-dealkylation sites (tertiary alicyclic amines) is 1. The number of piperidine rings is 1. The molecule has 2 fully saturated rings. The lowest BCUT2D eigenvalue weighted by Gasteiger charge is -2.41. The molecule has 0 radical (unpaired) electrons. The minimum Gasteiger partial charge on any atom is -0.336 e. The van der Waals surface area contributed by atoms with Crippen LogP contribution in [0.5, 0.6) is 0 Å². The quantitative estimate of drug-likeness (QED) is 0.821. The van der Waals surface area contributed by atoms with E-state index in [1.54, 1.807) is 16.5 Å². The maximum absolute atomic E-state index is 13.2. The summed E-state index contributed by atoms with van der Waals surface area (Å²) in [6.07, 6.45) is 1.66. The van der Waals surface area contributed by atoms with Gasteiger partial charge >= 0.3 is 0 Å². The van der Waals surface area contributed by atoms with E-state index in [9.17, 15) is 14.4 Å². The number of benzene rings is 1. The summed E-state index contributed by atoms with van der Waals surface area (Å²) in [7, 11) is 0. The number of amides is 2. The number of nitrogens with zero attached hydrogens (tertiary/aromatic N) is 4. The Hall–Kier alpha value is -3.00. The molecule has 2 saturated heterocycles. The molecule has 152 valence electrons. The van der Waals surface area contributed by atoms with Crippen LogP contribution in [0.15, 0.2) is 41.2 Å². The number of aromatic nitrogens is 2. The van der Waals surface area contributed by atoms with E-state index >= 15 is 0 Å². The normalized spacial score (nSPS) is 20.0. The number of hydrogen-bond acceptors (Lipinski definition) is 5. The summed E-state index contributed by atoms with van der Waals surface area (Å²) >= 11 is 0. The molecule has 4 rings (SSSR count). The topological polar surface area (TPSA) is 87.5 Å². The smallest absolute Gasteiger partial charge is 0.278 e. The molecule has 0 saturated carbocycles. The minimum atomic E-state index is -0.375. The predicted octanol–water partition coefficient (Wildman–Crippen LogP) is 0.577. The molecule has 2 amide bonds. The lowest BCUT2D eigenvalue weighted by atomic mass is 10.0. The van der Waals surface area contributed by atoms with Gasteiger partial charge < -0.3 is 15.1 Å². The van der Waals surface area contributed by atoms with Crippen LogP contribution in [0.3, 0.4) is 0 Å². The monoisotopic (exact) mass is 395 g/mol. The standard InChI is InChI=1S/C21H25N5O3/c1-15-12-18(27)20(23-26(15)16-6-3-2-4-7-16)21(29)24-10-5-8-17(14-24)25-11-9-22-13-19(25)28/h2-4,6-7,12,17,22H,5,8-11,13-14H2,1H3. The van der Waals surface area contributed by atoms with E-state index in [0.717, 1.165) is 25.1 Å². The Balaban J connectivity index is 1.59. The molecule has 2 aliphatic rings. The summed E-state index contributed by atoms with van der Waals surface area (Å²) in [5.41, 5.74) is 1.01. The molecule has 1 aromatic carbocycles. The average molecular weight is 395 g/mol. The first-order chi connectivity index (χ1) is 14.0. The van der Waals surface area contributed by atoms with E-state index in [2.05, 4.69) is 10.4 Å². The highest BCUT2D eigenvalue weighted by atomic mass is 16.2. The van der Waals surface area contributed by atoms with E-state index in [-0.39, 0.29) is 29.0 Å². The van der Waals surface area contributed by atoms with Crippen molar-refractivity contribution >= 4 is 11.8 Å². The zero-order valence-electron chi connectivity index (χ0n) is 16.5. The molecule has 0 spiro atoms. The Labute approximate surface area is 169 Å². The third-order valence-corrected chi connectivity index (χ3v) is 5.56. The zero-order valence-corrected chi connectivity index (χ0v) is 16.5. The number of carbonyl (C=O) groups excluding carboxylic acids is 2. The van der Waals surface area contributed by atoms with Crippen LogP contribution in [-0.4, -0.2) is 70.2 Å². The van der Waals surface area contributed by atoms with Crippen molar-refractivity contribution in [3.8, 4) is 5.69 Å². The van der Waals surface area contributed by atoms with Gasteiger partial charge in [-0.3, -0.25) is 14.4 Å². The summed E-state index contributed by atoms with van der Waals surface area (Å²) in [4.78, 5) is 41.5. The van der Waals surface area contributed by atoms with Gasteiger partial charge in [-0.25, -0.2) is 4.68 Å². The Kier molecular flexibility index (Phi) is 5.44. The van der Waals surface area contributed by atoms with Crippen molar-refractivity contribution in [3.63, 3.8) is 0 Å². The second-order valence-electron chi connectivity index (χ2n) is 7.56. The number of piperazine rings is 1. The first kappa shape index (κ1) is 19.3. The fourth-order valence-corrected chi connectivity index (χ4v) is 4.08. The minimum absolute atomic E-state index is 0.0101. The van der Waals surface area contributed by atoms with Crippen LogP contribution >= 0.6 is 0 Å². The molecule has 3 heterocycles. The second-order valence-corrected chi connectivity index (χ2v) is 7.56. The number of rotatable bonds is 3. The van der Waals surface area contributed by atoms with Crippen molar-refractivity contribution in [3.05, 3.63) is 58.0 Å². The van der Waals surface area contributed by atoms with Crippen LogP contribution in [0, 0.1) is 6.92 Å². The van der Waals surface area contributed by atoms with Crippen LogP contribution in [0.2, 0.25) is 0 Å². The molecule has 1 N–H and O–H groups in total. The fraction of sp³-hybridized carbons (Fsp3) is 0.429. The van der Waals surface area contributed by atoms with Crippen LogP contribution in [-0.2, 0) is 4.79 Å². The summed E-state index contributed by atoms with van der Waals surface area (Å²) in [5.74, 6) is -0.303. The molecule has 2 aromatic rings. The highest BCUT2D eigenvalue weighted by molar-refractivity contribution is 5.92. The van der Waals surface area contributed by atoms with Crippen LogP contribution in [0.1, 0.15) is 29.0 Å². The van der Waals surface area contributed by atoms with Crippen LogP contribution in [0.25, 0.3) is 5.69 Å². The van der Waals surface area contributed by atoms with Crippen LogP contribution < -0.4 is 10.7 Å². The van der Waals surface area contributed by atoms with Gasteiger partial charge in [0, 0.05) is 44.0 Å². The molecule has 0 aliphatic carbocycles. The Morgan fingerprint density at radius 2 is 1.97 bits per heavy atom. The molecule has 1 unspecified atom stereocenters. The average Bonchev–Trinajstić information content (AvgIpc) is 2.74.